The lowest BCUT2D eigenvalue weighted by molar-refractivity contribution is -0.133. The molecule has 3 rings (SSSR count). The molecule has 1 aliphatic heterocycles. The summed E-state index contributed by atoms with van der Waals surface area (Å²) in [5, 5.41) is 3.97. The molecule has 7 heteroatoms. The molecule has 1 fully saturated rings. The molecule has 146 valence electrons. The van der Waals surface area contributed by atoms with E-state index in [1.165, 1.54) is 0 Å². The van der Waals surface area contributed by atoms with Gasteiger partial charge in [0.25, 0.3) is 0 Å². The summed E-state index contributed by atoms with van der Waals surface area (Å²) in [6.07, 6.45) is 2.05. The normalized spacial score (nSPS) is 16.3. The molecule has 7 nitrogen and oxygen atoms in total. The van der Waals surface area contributed by atoms with E-state index in [4.69, 9.17) is 9.26 Å². The third kappa shape index (κ3) is 4.86. The molecule has 0 bridgehead atoms. The molecule has 1 saturated heterocycles. The molecule has 0 saturated carbocycles. The Hall–Kier alpha value is -2.41. The van der Waals surface area contributed by atoms with Gasteiger partial charge in [-0.1, -0.05) is 24.2 Å². The topological polar surface area (TPSA) is 71.7 Å². The first-order chi connectivity index (χ1) is 13.1. The Morgan fingerprint density at radius 2 is 1.93 bits per heavy atom. The number of hydrogen-bond donors (Lipinski definition) is 0. The maximum Gasteiger partial charge on any atom is 0.243 e. The standard InChI is InChI=1S/C20H28N4O3/c1-4-18-21-20(27-22-18)15(2)23-11-13-24(14-12-23)19(25)10-7-16-5-8-17(26-3)9-6-16/h5-6,8-9,15H,4,7,10-14H2,1-3H3/t15-/m0/s1. The van der Waals surface area contributed by atoms with Crippen LogP contribution >= 0.6 is 0 Å². The zero-order valence-corrected chi connectivity index (χ0v) is 16.4. The summed E-state index contributed by atoms with van der Waals surface area (Å²) in [6, 6.07) is 7.97. The second kappa shape index (κ2) is 8.99. The van der Waals surface area contributed by atoms with E-state index in [1.54, 1.807) is 7.11 Å². The van der Waals surface area contributed by atoms with E-state index in [1.807, 2.05) is 36.1 Å². The number of hydrogen-bond acceptors (Lipinski definition) is 6. The number of aryl methyl sites for hydroxylation is 2. The zero-order valence-electron chi connectivity index (χ0n) is 16.4. The fraction of sp³-hybridized carbons (Fsp3) is 0.550. The molecule has 0 radical (unpaired) electrons. The highest BCUT2D eigenvalue weighted by Gasteiger charge is 2.27. The summed E-state index contributed by atoms with van der Waals surface area (Å²) in [6.45, 7) is 7.20. The molecule has 1 aromatic heterocycles. The van der Waals surface area contributed by atoms with Crippen LogP contribution in [-0.2, 0) is 17.6 Å². The molecule has 2 aromatic rings. The van der Waals surface area contributed by atoms with Crippen molar-refractivity contribution in [2.75, 3.05) is 33.3 Å². The Kier molecular flexibility index (Phi) is 6.45. The molecule has 27 heavy (non-hydrogen) atoms. The molecule has 0 unspecified atom stereocenters. The molecule has 1 aromatic carbocycles. The Labute approximate surface area is 160 Å². The van der Waals surface area contributed by atoms with Gasteiger partial charge in [-0.2, -0.15) is 4.98 Å². The van der Waals surface area contributed by atoms with Gasteiger partial charge in [0.15, 0.2) is 5.82 Å². The Balaban J connectivity index is 1.45. The van der Waals surface area contributed by atoms with E-state index in [0.717, 1.165) is 56.2 Å². The quantitative estimate of drug-likeness (QED) is 0.744. The minimum atomic E-state index is 0.0781. The highest BCUT2D eigenvalue weighted by Crippen LogP contribution is 2.21. The number of piperazine rings is 1. The van der Waals surface area contributed by atoms with Gasteiger partial charge in [0.1, 0.15) is 5.75 Å². The van der Waals surface area contributed by atoms with Crippen LogP contribution in [0.1, 0.15) is 43.6 Å². The van der Waals surface area contributed by atoms with Gasteiger partial charge < -0.3 is 14.2 Å². The Bertz CT molecular complexity index is 736. The monoisotopic (exact) mass is 372 g/mol. The fourth-order valence-corrected chi connectivity index (χ4v) is 3.30. The number of rotatable bonds is 7. The van der Waals surface area contributed by atoms with Crippen molar-refractivity contribution in [3.63, 3.8) is 0 Å². The second-order valence-electron chi connectivity index (χ2n) is 6.84. The van der Waals surface area contributed by atoms with Crippen LogP contribution < -0.4 is 4.74 Å². The van der Waals surface area contributed by atoms with Crippen LogP contribution in [0.2, 0.25) is 0 Å². The number of methoxy groups -OCH3 is 1. The van der Waals surface area contributed by atoms with E-state index in [2.05, 4.69) is 22.0 Å². The molecule has 0 N–H and O–H groups in total. The molecule has 1 amide bonds. The Morgan fingerprint density at radius 3 is 2.52 bits per heavy atom. The van der Waals surface area contributed by atoms with Crippen molar-refractivity contribution >= 4 is 5.91 Å². The lowest BCUT2D eigenvalue weighted by Gasteiger charge is -2.36. The largest absolute Gasteiger partial charge is 0.497 e. The molecule has 0 aliphatic carbocycles. The van der Waals surface area contributed by atoms with Crippen molar-refractivity contribution < 1.29 is 14.1 Å². The van der Waals surface area contributed by atoms with E-state index in [0.29, 0.717) is 12.3 Å². The van der Waals surface area contributed by atoms with Gasteiger partial charge in [0.05, 0.1) is 13.2 Å². The zero-order chi connectivity index (χ0) is 19.2. The van der Waals surface area contributed by atoms with Gasteiger partial charge in [-0.3, -0.25) is 9.69 Å². The lowest BCUT2D eigenvalue weighted by Crippen LogP contribution is -2.49. The fourth-order valence-electron chi connectivity index (χ4n) is 3.30. The minimum Gasteiger partial charge on any atom is -0.497 e. The summed E-state index contributed by atoms with van der Waals surface area (Å²) in [5.41, 5.74) is 1.15. The first-order valence-corrected chi connectivity index (χ1v) is 9.58. The minimum absolute atomic E-state index is 0.0781. The van der Waals surface area contributed by atoms with Gasteiger partial charge in [-0.15, -0.1) is 0 Å². The van der Waals surface area contributed by atoms with Crippen LogP contribution in [0.15, 0.2) is 28.8 Å². The summed E-state index contributed by atoms with van der Waals surface area (Å²) >= 11 is 0. The summed E-state index contributed by atoms with van der Waals surface area (Å²) in [5.74, 6) is 2.45. The van der Waals surface area contributed by atoms with Gasteiger partial charge in [-0.05, 0) is 31.0 Å². The number of ether oxygens (including phenoxy) is 1. The van der Waals surface area contributed by atoms with Crippen molar-refractivity contribution in [3.8, 4) is 5.75 Å². The van der Waals surface area contributed by atoms with Crippen molar-refractivity contribution in [2.24, 2.45) is 0 Å². The van der Waals surface area contributed by atoms with E-state index >= 15 is 0 Å². The van der Waals surface area contributed by atoms with E-state index < -0.39 is 0 Å². The van der Waals surface area contributed by atoms with Gasteiger partial charge in [0.2, 0.25) is 11.8 Å². The van der Waals surface area contributed by atoms with Gasteiger partial charge in [0, 0.05) is 39.0 Å². The maximum atomic E-state index is 12.5. The molecule has 1 aliphatic rings. The van der Waals surface area contributed by atoms with Crippen molar-refractivity contribution in [1.82, 2.24) is 19.9 Å². The maximum absolute atomic E-state index is 12.5. The highest BCUT2D eigenvalue weighted by molar-refractivity contribution is 5.76. The van der Waals surface area contributed by atoms with Crippen LogP contribution in [0.25, 0.3) is 0 Å². The van der Waals surface area contributed by atoms with E-state index in [9.17, 15) is 4.79 Å². The van der Waals surface area contributed by atoms with Crippen LogP contribution in [0.3, 0.4) is 0 Å². The summed E-state index contributed by atoms with van der Waals surface area (Å²) < 4.78 is 10.5. The predicted molar refractivity (Wildman–Crippen MR) is 102 cm³/mol. The first-order valence-electron chi connectivity index (χ1n) is 9.58. The Morgan fingerprint density at radius 1 is 1.22 bits per heavy atom. The SMILES string of the molecule is CCc1noc([C@H](C)N2CCN(C(=O)CCc3ccc(OC)cc3)CC2)n1. The van der Waals surface area contributed by atoms with E-state index in [-0.39, 0.29) is 11.9 Å². The second-order valence-corrected chi connectivity index (χ2v) is 6.84. The first kappa shape index (κ1) is 19.4. The smallest absolute Gasteiger partial charge is 0.243 e. The lowest BCUT2D eigenvalue weighted by atomic mass is 10.1. The average molecular weight is 372 g/mol. The number of benzene rings is 1. The third-order valence-corrected chi connectivity index (χ3v) is 5.16. The summed E-state index contributed by atoms with van der Waals surface area (Å²) in [4.78, 5) is 21.2. The molecular weight excluding hydrogens is 344 g/mol. The van der Waals surface area contributed by atoms with Gasteiger partial charge in [-0.25, -0.2) is 0 Å². The summed E-state index contributed by atoms with van der Waals surface area (Å²) in [7, 11) is 1.65. The van der Waals surface area contributed by atoms with Crippen LogP contribution in [-0.4, -0.2) is 59.1 Å². The molecule has 1 atom stereocenters. The van der Waals surface area contributed by atoms with Crippen LogP contribution in [0.4, 0.5) is 0 Å². The predicted octanol–water partition coefficient (Wildman–Crippen LogP) is 2.48. The van der Waals surface area contributed by atoms with Gasteiger partial charge >= 0.3 is 0 Å². The molecular formula is C20H28N4O3. The number of aromatic nitrogens is 2. The van der Waals surface area contributed by atoms with Crippen LogP contribution in [0, 0.1) is 0 Å². The van der Waals surface area contributed by atoms with Crippen molar-refractivity contribution in [1.29, 1.82) is 0 Å². The van der Waals surface area contributed by atoms with Crippen LogP contribution in [0.5, 0.6) is 5.75 Å². The molecule has 2 heterocycles. The van der Waals surface area contributed by atoms with Crippen molar-refractivity contribution in [3.05, 3.63) is 41.5 Å². The number of amides is 1. The third-order valence-electron chi connectivity index (χ3n) is 5.16. The average Bonchev–Trinajstić information content (AvgIpc) is 3.21. The molecule has 0 spiro atoms. The highest BCUT2D eigenvalue weighted by atomic mass is 16.5. The number of carbonyl (C=O) groups is 1. The van der Waals surface area contributed by atoms with Crippen molar-refractivity contribution in [2.45, 2.75) is 39.2 Å². The number of nitrogens with zero attached hydrogens (tertiary/aromatic N) is 4. The number of carbonyl (C=O) groups excluding carboxylic acids is 1.